The van der Waals surface area contributed by atoms with Gasteiger partial charge in [0.1, 0.15) is 18.5 Å². The van der Waals surface area contributed by atoms with Gasteiger partial charge in [0.25, 0.3) is 0 Å². The fourth-order valence-electron chi connectivity index (χ4n) is 1.89. The van der Waals surface area contributed by atoms with Crippen LogP contribution in [-0.2, 0) is 11.2 Å². The first-order valence-corrected chi connectivity index (χ1v) is 5.56. The highest BCUT2D eigenvalue weighted by molar-refractivity contribution is 5.84. The summed E-state index contributed by atoms with van der Waals surface area (Å²) in [7, 11) is 0. The van der Waals surface area contributed by atoms with Crippen molar-refractivity contribution < 1.29 is 18.7 Å². The van der Waals surface area contributed by atoms with Gasteiger partial charge in [-0.1, -0.05) is 0 Å². The predicted molar refractivity (Wildman–Crippen MR) is 57.9 cm³/mol. The lowest BCUT2D eigenvalue weighted by molar-refractivity contribution is -0.121. The van der Waals surface area contributed by atoms with Gasteiger partial charge in [-0.15, -0.1) is 0 Å². The highest BCUT2D eigenvalue weighted by atomic mass is 19.1. The molecule has 3 rings (SSSR count). The first kappa shape index (κ1) is 10.5. The van der Waals surface area contributed by atoms with Crippen molar-refractivity contribution in [2.75, 3.05) is 19.7 Å². The molecule has 0 aromatic heterocycles. The molecule has 0 spiro atoms. The molecular formula is C12H12FNO3. The summed E-state index contributed by atoms with van der Waals surface area (Å²) in [5, 5.41) is 3.04. The van der Waals surface area contributed by atoms with Crippen molar-refractivity contribution in [3.8, 4) is 11.5 Å². The lowest BCUT2D eigenvalue weighted by Gasteiger charge is -2.28. The summed E-state index contributed by atoms with van der Waals surface area (Å²) in [5.74, 6) is 0.208. The molecule has 17 heavy (non-hydrogen) atoms. The molecule has 2 heterocycles. The standard InChI is InChI=1S/C12H12FNO3/c13-10-3-11-7(1-8(15)6-16-11)2-12(10)17-9-4-14-5-9/h2-3,9,14H,1,4-6H2. The Hall–Kier alpha value is -1.62. The molecule has 5 heteroatoms. The second kappa shape index (κ2) is 4.00. The number of Topliss-reactive ketones (excluding diaryl/α,β-unsaturated/α-hetero) is 1. The van der Waals surface area contributed by atoms with Crippen molar-refractivity contribution in [2.24, 2.45) is 0 Å². The number of carbonyl (C=O) groups excluding carboxylic acids is 1. The molecule has 0 saturated carbocycles. The van der Waals surface area contributed by atoms with Crippen molar-refractivity contribution in [3.05, 3.63) is 23.5 Å². The Morgan fingerprint density at radius 2 is 2.24 bits per heavy atom. The minimum Gasteiger partial charge on any atom is -0.485 e. The molecule has 0 aliphatic carbocycles. The number of ketones is 1. The van der Waals surface area contributed by atoms with Gasteiger partial charge in [-0.25, -0.2) is 4.39 Å². The maximum atomic E-state index is 13.7. The SMILES string of the molecule is O=C1COc2cc(F)c(OC3CNC3)cc2C1. The molecule has 1 fully saturated rings. The molecule has 4 nitrogen and oxygen atoms in total. The first-order chi connectivity index (χ1) is 8.22. The molecule has 1 aromatic carbocycles. The molecule has 90 valence electrons. The first-order valence-electron chi connectivity index (χ1n) is 5.56. The molecule has 0 atom stereocenters. The smallest absolute Gasteiger partial charge is 0.174 e. The molecule has 2 aliphatic heterocycles. The number of halogens is 1. The van der Waals surface area contributed by atoms with E-state index in [1.54, 1.807) is 6.07 Å². The van der Waals surface area contributed by atoms with Gasteiger partial charge in [0, 0.05) is 31.1 Å². The molecule has 1 aromatic rings. The Labute approximate surface area is 97.7 Å². The van der Waals surface area contributed by atoms with Crippen LogP contribution < -0.4 is 14.8 Å². The van der Waals surface area contributed by atoms with Crippen molar-refractivity contribution in [1.29, 1.82) is 0 Å². The van der Waals surface area contributed by atoms with E-state index in [9.17, 15) is 9.18 Å². The number of benzene rings is 1. The average Bonchev–Trinajstić information content (AvgIpc) is 2.24. The molecule has 1 saturated heterocycles. The minimum absolute atomic E-state index is 0.000342. The molecule has 0 radical (unpaired) electrons. The lowest BCUT2D eigenvalue weighted by Crippen LogP contribution is -2.50. The summed E-state index contributed by atoms with van der Waals surface area (Å²) in [4.78, 5) is 11.2. The maximum absolute atomic E-state index is 13.7. The van der Waals surface area contributed by atoms with E-state index < -0.39 is 5.82 Å². The van der Waals surface area contributed by atoms with Crippen LogP contribution in [0.1, 0.15) is 5.56 Å². The minimum atomic E-state index is -0.440. The lowest BCUT2D eigenvalue weighted by atomic mass is 10.0. The van der Waals surface area contributed by atoms with E-state index in [1.807, 2.05) is 0 Å². The van der Waals surface area contributed by atoms with E-state index in [0.717, 1.165) is 13.1 Å². The van der Waals surface area contributed by atoms with Crippen LogP contribution in [-0.4, -0.2) is 31.6 Å². The topological polar surface area (TPSA) is 47.6 Å². The Morgan fingerprint density at radius 1 is 1.41 bits per heavy atom. The van der Waals surface area contributed by atoms with Crippen LogP contribution in [0.15, 0.2) is 12.1 Å². The zero-order valence-electron chi connectivity index (χ0n) is 9.16. The zero-order chi connectivity index (χ0) is 11.8. The number of carbonyl (C=O) groups is 1. The number of nitrogens with one attached hydrogen (secondary N) is 1. The highest BCUT2D eigenvalue weighted by Gasteiger charge is 2.23. The molecule has 0 bridgehead atoms. The summed E-state index contributed by atoms with van der Waals surface area (Å²) in [5.41, 5.74) is 0.699. The van der Waals surface area contributed by atoms with Crippen molar-refractivity contribution in [2.45, 2.75) is 12.5 Å². The predicted octanol–water partition coefficient (Wildman–Crippen LogP) is 0.680. The van der Waals surface area contributed by atoms with E-state index in [4.69, 9.17) is 9.47 Å². The molecular weight excluding hydrogens is 225 g/mol. The third-order valence-corrected chi connectivity index (χ3v) is 2.93. The number of rotatable bonds is 2. The number of hydrogen-bond donors (Lipinski definition) is 1. The molecule has 2 aliphatic rings. The summed E-state index contributed by atoms with van der Waals surface area (Å²) < 4.78 is 24.3. The number of fused-ring (bicyclic) bond motifs is 1. The van der Waals surface area contributed by atoms with Gasteiger partial charge < -0.3 is 14.8 Å². The van der Waals surface area contributed by atoms with E-state index in [-0.39, 0.29) is 30.7 Å². The fraction of sp³-hybridized carbons (Fsp3) is 0.417. The Morgan fingerprint density at radius 3 is 2.94 bits per heavy atom. The van der Waals surface area contributed by atoms with Gasteiger partial charge in [-0.3, -0.25) is 4.79 Å². The van der Waals surface area contributed by atoms with E-state index in [0.29, 0.717) is 11.3 Å². The van der Waals surface area contributed by atoms with Crippen LogP contribution in [0.5, 0.6) is 11.5 Å². The van der Waals surface area contributed by atoms with Crippen molar-refractivity contribution in [1.82, 2.24) is 5.32 Å². The number of ether oxygens (including phenoxy) is 2. The van der Waals surface area contributed by atoms with Gasteiger partial charge in [0.15, 0.2) is 17.3 Å². The third kappa shape index (κ3) is 1.98. The molecule has 1 N–H and O–H groups in total. The summed E-state index contributed by atoms with van der Waals surface area (Å²) >= 11 is 0. The van der Waals surface area contributed by atoms with E-state index in [2.05, 4.69) is 5.32 Å². The normalized spacial score (nSPS) is 19.2. The summed E-state index contributed by atoms with van der Waals surface area (Å²) in [6.07, 6.45) is 0.303. The molecule has 0 amide bonds. The highest BCUT2D eigenvalue weighted by Crippen LogP contribution is 2.31. The fourth-order valence-corrected chi connectivity index (χ4v) is 1.89. The summed E-state index contributed by atoms with van der Waals surface area (Å²) in [6, 6.07) is 2.86. The van der Waals surface area contributed by atoms with Gasteiger partial charge in [0.05, 0.1) is 0 Å². The Bertz CT molecular complexity index is 471. The third-order valence-electron chi connectivity index (χ3n) is 2.93. The Kier molecular flexibility index (Phi) is 2.48. The Balaban J connectivity index is 1.88. The second-order valence-corrected chi connectivity index (χ2v) is 4.29. The largest absolute Gasteiger partial charge is 0.485 e. The quantitative estimate of drug-likeness (QED) is 0.821. The van der Waals surface area contributed by atoms with Gasteiger partial charge >= 0.3 is 0 Å². The van der Waals surface area contributed by atoms with Gasteiger partial charge in [-0.05, 0) is 6.07 Å². The van der Waals surface area contributed by atoms with Gasteiger partial charge in [-0.2, -0.15) is 0 Å². The summed E-state index contributed by atoms with van der Waals surface area (Å²) in [6.45, 7) is 1.48. The average molecular weight is 237 g/mol. The van der Waals surface area contributed by atoms with Crippen molar-refractivity contribution in [3.63, 3.8) is 0 Å². The number of hydrogen-bond acceptors (Lipinski definition) is 4. The van der Waals surface area contributed by atoms with Crippen LogP contribution in [0.2, 0.25) is 0 Å². The van der Waals surface area contributed by atoms with Crippen LogP contribution in [0.25, 0.3) is 0 Å². The van der Waals surface area contributed by atoms with Crippen LogP contribution in [0, 0.1) is 5.82 Å². The zero-order valence-corrected chi connectivity index (χ0v) is 9.16. The molecule has 0 unspecified atom stereocenters. The monoisotopic (exact) mass is 237 g/mol. The van der Waals surface area contributed by atoms with Gasteiger partial charge in [0.2, 0.25) is 0 Å². The van der Waals surface area contributed by atoms with E-state index >= 15 is 0 Å². The maximum Gasteiger partial charge on any atom is 0.174 e. The van der Waals surface area contributed by atoms with E-state index in [1.165, 1.54) is 6.07 Å². The van der Waals surface area contributed by atoms with Crippen LogP contribution in [0.3, 0.4) is 0 Å². The van der Waals surface area contributed by atoms with Crippen molar-refractivity contribution >= 4 is 5.78 Å². The second-order valence-electron chi connectivity index (χ2n) is 4.29. The van der Waals surface area contributed by atoms with Crippen LogP contribution in [0.4, 0.5) is 4.39 Å². The van der Waals surface area contributed by atoms with Crippen LogP contribution >= 0.6 is 0 Å².